The van der Waals surface area contributed by atoms with Crippen molar-refractivity contribution in [2.75, 3.05) is 13.2 Å². The lowest BCUT2D eigenvalue weighted by molar-refractivity contribution is -0.123. The molecule has 1 atom stereocenters. The van der Waals surface area contributed by atoms with E-state index < -0.39 is 11.9 Å². The van der Waals surface area contributed by atoms with Gasteiger partial charge >= 0.3 is 5.97 Å². The molecule has 188 valence electrons. The van der Waals surface area contributed by atoms with Crippen LogP contribution in [0.4, 0.5) is 0 Å². The van der Waals surface area contributed by atoms with Crippen molar-refractivity contribution in [2.24, 2.45) is 5.10 Å². The van der Waals surface area contributed by atoms with Crippen molar-refractivity contribution in [3.8, 4) is 17.2 Å². The maximum atomic E-state index is 12.5. The molecule has 0 aliphatic rings. The number of carbonyl (C=O) groups excluding carboxylic acids is 2. The fraction of sp³-hybridized carbons (Fsp3) is 0.250. The van der Waals surface area contributed by atoms with Crippen molar-refractivity contribution in [3.05, 3.63) is 88.4 Å². The average molecular weight is 509 g/mol. The number of amides is 1. The van der Waals surface area contributed by atoms with Crippen LogP contribution >= 0.6 is 11.6 Å². The van der Waals surface area contributed by atoms with Crippen LogP contribution in [0, 0.1) is 0 Å². The number of ether oxygens (including phenoxy) is 3. The van der Waals surface area contributed by atoms with Crippen LogP contribution in [0.5, 0.6) is 17.2 Å². The zero-order valence-corrected chi connectivity index (χ0v) is 21.2. The van der Waals surface area contributed by atoms with Crippen molar-refractivity contribution >= 4 is 29.7 Å². The van der Waals surface area contributed by atoms with Crippen LogP contribution in [-0.2, 0) is 4.79 Å². The van der Waals surface area contributed by atoms with Crippen molar-refractivity contribution in [3.63, 3.8) is 0 Å². The Labute approximate surface area is 216 Å². The van der Waals surface area contributed by atoms with Crippen LogP contribution < -0.4 is 19.6 Å². The lowest BCUT2D eigenvalue weighted by Gasteiger charge is -2.12. The summed E-state index contributed by atoms with van der Waals surface area (Å²) in [5.41, 5.74) is 4.55. The van der Waals surface area contributed by atoms with E-state index in [9.17, 15) is 9.59 Å². The fourth-order valence-corrected chi connectivity index (χ4v) is 3.44. The van der Waals surface area contributed by atoms with Gasteiger partial charge in [0.15, 0.2) is 18.1 Å². The first-order chi connectivity index (χ1) is 17.4. The summed E-state index contributed by atoms with van der Waals surface area (Å²) in [4.78, 5) is 24.6. The van der Waals surface area contributed by atoms with Crippen LogP contribution in [0.25, 0.3) is 0 Å². The topological polar surface area (TPSA) is 86.2 Å². The molecule has 0 saturated carbocycles. The van der Waals surface area contributed by atoms with Crippen LogP contribution in [-0.4, -0.2) is 31.3 Å². The second kappa shape index (κ2) is 13.3. The SMILES string of the molecule is CCOc1cc(/C=N\NC(=O)COc2ccc(C(C)CC)cc2)ccc1OC(=O)c1ccccc1Cl. The number of hydrazone groups is 1. The number of hydrogen-bond donors (Lipinski definition) is 1. The van der Waals surface area contributed by atoms with Crippen molar-refractivity contribution in [2.45, 2.75) is 33.1 Å². The summed E-state index contributed by atoms with van der Waals surface area (Å²) < 4.78 is 16.6. The fourth-order valence-electron chi connectivity index (χ4n) is 3.23. The van der Waals surface area contributed by atoms with Gasteiger partial charge in [-0.05, 0) is 72.9 Å². The number of nitrogens with zero attached hydrogens (tertiary/aromatic N) is 1. The van der Waals surface area contributed by atoms with E-state index in [1.165, 1.54) is 11.8 Å². The van der Waals surface area contributed by atoms with Crippen molar-refractivity contribution < 1.29 is 23.8 Å². The molecule has 0 aromatic heterocycles. The summed E-state index contributed by atoms with van der Waals surface area (Å²) in [5, 5.41) is 4.27. The molecule has 0 spiro atoms. The zero-order valence-electron chi connectivity index (χ0n) is 20.5. The molecule has 3 aromatic rings. The summed E-state index contributed by atoms with van der Waals surface area (Å²) in [6.07, 6.45) is 2.52. The third kappa shape index (κ3) is 7.58. The molecule has 0 fully saturated rings. The van der Waals surface area contributed by atoms with Crippen LogP contribution in [0.15, 0.2) is 71.8 Å². The summed E-state index contributed by atoms with van der Waals surface area (Å²) in [7, 11) is 0. The highest BCUT2D eigenvalue weighted by Crippen LogP contribution is 2.29. The van der Waals surface area contributed by atoms with Gasteiger partial charge in [-0.25, -0.2) is 10.2 Å². The average Bonchev–Trinajstić information content (AvgIpc) is 2.89. The van der Waals surface area contributed by atoms with Gasteiger partial charge in [0.05, 0.1) is 23.4 Å². The van der Waals surface area contributed by atoms with Crippen molar-refractivity contribution in [1.82, 2.24) is 5.43 Å². The lowest BCUT2D eigenvalue weighted by Crippen LogP contribution is -2.24. The summed E-state index contributed by atoms with van der Waals surface area (Å²) in [6, 6.07) is 19.3. The highest BCUT2D eigenvalue weighted by atomic mass is 35.5. The number of carbonyl (C=O) groups is 2. The van der Waals surface area contributed by atoms with E-state index in [4.69, 9.17) is 25.8 Å². The second-order valence-electron chi connectivity index (χ2n) is 7.97. The third-order valence-corrected chi connectivity index (χ3v) is 5.73. The first kappa shape index (κ1) is 26.8. The Kier molecular flexibility index (Phi) is 9.89. The number of halogens is 1. The Morgan fingerprint density at radius 2 is 1.75 bits per heavy atom. The highest BCUT2D eigenvalue weighted by molar-refractivity contribution is 6.33. The molecular formula is C28H29ClN2O5. The Hall–Kier alpha value is -3.84. The van der Waals surface area contributed by atoms with Gasteiger partial charge in [0.2, 0.25) is 0 Å². The third-order valence-electron chi connectivity index (χ3n) is 5.40. The molecule has 36 heavy (non-hydrogen) atoms. The molecule has 1 amide bonds. The number of rotatable bonds is 11. The molecule has 0 saturated heterocycles. The van der Waals surface area contributed by atoms with E-state index in [2.05, 4.69) is 24.4 Å². The van der Waals surface area contributed by atoms with Gasteiger partial charge in [-0.15, -0.1) is 0 Å². The van der Waals surface area contributed by atoms with Gasteiger partial charge in [-0.3, -0.25) is 4.79 Å². The molecule has 8 heteroatoms. The van der Waals surface area contributed by atoms with Gasteiger partial charge in [-0.1, -0.05) is 49.7 Å². The molecule has 7 nitrogen and oxygen atoms in total. The maximum Gasteiger partial charge on any atom is 0.345 e. The summed E-state index contributed by atoms with van der Waals surface area (Å²) in [5.74, 6) is 0.707. The minimum Gasteiger partial charge on any atom is -0.490 e. The maximum absolute atomic E-state index is 12.5. The van der Waals surface area contributed by atoms with E-state index in [0.717, 1.165) is 6.42 Å². The summed E-state index contributed by atoms with van der Waals surface area (Å²) in [6.45, 7) is 6.33. The van der Waals surface area contributed by atoms with Crippen LogP contribution in [0.1, 0.15) is 54.6 Å². The Balaban J connectivity index is 1.56. The van der Waals surface area contributed by atoms with E-state index in [-0.39, 0.29) is 17.9 Å². The molecule has 1 unspecified atom stereocenters. The van der Waals surface area contributed by atoms with Crippen molar-refractivity contribution in [1.29, 1.82) is 0 Å². The van der Waals surface area contributed by atoms with Gasteiger partial charge < -0.3 is 14.2 Å². The minimum absolute atomic E-state index is 0.166. The number of hydrogen-bond acceptors (Lipinski definition) is 6. The molecule has 3 rings (SSSR count). The van der Waals surface area contributed by atoms with E-state index in [1.54, 1.807) is 42.5 Å². The molecule has 0 radical (unpaired) electrons. The first-order valence-corrected chi connectivity index (χ1v) is 12.1. The number of benzene rings is 3. The molecule has 0 heterocycles. The number of nitrogens with one attached hydrogen (secondary N) is 1. The minimum atomic E-state index is -0.593. The van der Waals surface area contributed by atoms with Crippen LogP contribution in [0.3, 0.4) is 0 Å². The second-order valence-corrected chi connectivity index (χ2v) is 8.38. The number of esters is 1. The van der Waals surface area contributed by atoms with E-state index >= 15 is 0 Å². The van der Waals surface area contributed by atoms with Gasteiger partial charge in [0.1, 0.15) is 5.75 Å². The van der Waals surface area contributed by atoms with Gasteiger partial charge in [0, 0.05) is 0 Å². The van der Waals surface area contributed by atoms with Gasteiger partial charge in [-0.2, -0.15) is 5.10 Å². The summed E-state index contributed by atoms with van der Waals surface area (Å²) >= 11 is 6.08. The van der Waals surface area contributed by atoms with Gasteiger partial charge in [0.25, 0.3) is 5.91 Å². The molecule has 3 aromatic carbocycles. The monoisotopic (exact) mass is 508 g/mol. The molecule has 0 aliphatic carbocycles. The predicted molar refractivity (Wildman–Crippen MR) is 140 cm³/mol. The normalized spacial score (nSPS) is 11.7. The Bertz CT molecular complexity index is 1210. The molecular weight excluding hydrogens is 480 g/mol. The molecule has 0 aliphatic heterocycles. The molecule has 0 bridgehead atoms. The predicted octanol–water partition coefficient (Wildman–Crippen LogP) is 6.00. The smallest absolute Gasteiger partial charge is 0.345 e. The quantitative estimate of drug-likeness (QED) is 0.148. The van der Waals surface area contributed by atoms with E-state index in [1.807, 2.05) is 31.2 Å². The largest absolute Gasteiger partial charge is 0.490 e. The Morgan fingerprint density at radius 1 is 1.00 bits per heavy atom. The van der Waals surface area contributed by atoms with Crippen LogP contribution in [0.2, 0.25) is 5.02 Å². The van der Waals surface area contributed by atoms with E-state index in [0.29, 0.717) is 34.6 Å². The lowest BCUT2D eigenvalue weighted by atomic mass is 9.99. The Morgan fingerprint density at radius 3 is 2.44 bits per heavy atom. The first-order valence-electron chi connectivity index (χ1n) is 11.7. The standard InChI is InChI=1S/C28H29ClN2O5/c1-4-19(3)21-11-13-22(14-12-21)35-18-27(32)31-30-17-20-10-15-25(26(16-20)34-5-2)36-28(33)23-8-6-7-9-24(23)29/h6-17,19H,4-5,18H2,1-3H3,(H,31,32)/b30-17-. The molecule has 1 N–H and O–H groups in total. The highest BCUT2D eigenvalue weighted by Gasteiger charge is 2.15. The zero-order chi connectivity index (χ0) is 25.9.